The highest BCUT2D eigenvalue weighted by Gasteiger charge is 2.02. The molecule has 2 N–H and O–H groups in total. The number of aromatic nitrogens is 2. The van der Waals surface area contributed by atoms with E-state index >= 15 is 0 Å². The second kappa shape index (κ2) is 3.63. The molecule has 1 aromatic heterocycles. The first-order valence-electron chi connectivity index (χ1n) is 4.08. The Kier molecular flexibility index (Phi) is 2.32. The van der Waals surface area contributed by atoms with Crippen LogP contribution in [-0.2, 0) is 0 Å². The first kappa shape index (κ1) is 8.96. The summed E-state index contributed by atoms with van der Waals surface area (Å²) in [6.07, 6.45) is 0. The minimum absolute atomic E-state index is 0.535. The molecule has 4 nitrogen and oxygen atoms in total. The summed E-state index contributed by atoms with van der Waals surface area (Å²) in [5, 5.41) is 0.535. The topological polar surface area (TPSA) is 61.0 Å². The highest BCUT2D eigenvalue weighted by Crippen LogP contribution is 2.24. The van der Waals surface area contributed by atoms with Crippen LogP contribution in [0.15, 0.2) is 24.3 Å². The molecule has 2 aromatic rings. The van der Waals surface area contributed by atoms with Crippen molar-refractivity contribution in [2.24, 2.45) is 0 Å². The van der Waals surface area contributed by atoms with Gasteiger partial charge >= 0.3 is 0 Å². The van der Waals surface area contributed by atoms with Crippen molar-refractivity contribution in [3.63, 3.8) is 0 Å². The summed E-state index contributed by atoms with van der Waals surface area (Å²) < 4.78 is 9.45. The molecule has 0 radical (unpaired) electrons. The molecule has 0 saturated carbocycles. The number of nitrogens with zero attached hydrogens (tertiary/aromatic N) is 2. The van der Waals surface area contributed by atoms with E-state index in [-0.39, 0.29) is 0 Å². The number of nitrogen functional groups attached to an aromatic ring is 1. The second-order valence-electron chi connectivity index (χ2n) is 2.78. The van der Waals surface area contributed by atoms with Crippen molar-refractivity contribution in [3.8, 4) is 10.9 Å². The Hall–Kier alpha value is -1.62. The van der Waals surface area contributed by atoms with Crippen molar-refractivity contribution in [2.45, 2.75) is 6.92 Å². The number of nitrogens with two attached hydrogens (primary N) is 1. The molecular formula is C9H9N3OS. The van der Waals surface area contributed by atoms with Gasteiger partial charge < -0.3 is 10.5 Å². The Balaban J connectivity index is 2.18. The van der Waals surface area contributed by atoms with Crippen LogP contribution in [0, 0.1) is 6.92 Å². The largest absolute Gasteiger partial charge is 0.430 e. The predicted molar refractivity (Wildman–Crippen MR) is 55.6 cm³/mol. The van der Waals surface area contributed by atoms with E-state index in [1.165, 1.54) is 11.5 Å². The van der Waals surface area contributed by atoms with Gasteiger partial charge in [-0.25, -0.2) is 0 Å². The van der Waals surface area contributed by atoms with Crippen molar-refractivity contribution in [3.05, 3.63) is 30.1 Å². The molecule has 0 saturated heterocycles. The van der Waals surface area contributed by atoms with Gasteiger partial charge in [0.15, 0.2) is 0 Å². The fraction of sp³-hybridized carbons (Fsp3) is 0.111. The molecule has 0 aliphatic heterocycles. The molecule has 5 heteroatoms. The molecule has 0 atom stereocenters. The van der Waals surface area contributed by atoms with E-state index < -0.39 is 0 Å². The van der Waals surface area contributed by atoms with E-state index in [9.17, 15) is 0 Å². The van der Waals surface area contributed by atoms with Crippen LogP contribution in [0.3, 0.4) is 0 Å². The molecule has 0 unspecified atom stereocenters. The summed E-state index contributed by atoms with van der Waals surface area (Å²) in [4.78, 5) is 4.08. The van der Waals surface area contributed by atoms with Crippen LogP contribution in [-0.4, -0.2) is 9.36 Å². The first-order chi connectivity index (χ1) is 6.74. The average molecular weight is 207 g/mol. The quantitative estimate of drug-likeness (QED) is 0.767. The molecule has 1 aromatic carbocycles. The number of aryl methyl sites for hydroxylation is 1. The summed E-state index contributed by atoms with van der Waals surface area (Å²) in [6.45, 7) is 1.82. The fourth-order valence-electron chi connectivity index (χ4n) is 0.998. The van der Waals surface area contributed by atoms with Crippen molar-refractivity contribution >= 4 is 17.2 Å². The molecule has 14 heavy (non-hydrogen) atoms. The zero-order valence-electron chi connectivity index (χ0n) is 7.60. The van der Waals surface area contributed by atoms with Crippen LogP contribution >= 0.6 is 11.5 Å². The molecule has 0 spiro atoms. The van der Waals surface area contributed by atoms with E-state index in [2.05, 4.69) is 9.36 Å². The van der Waals surface area contributed by atoms with Gasteiger partial charge in [-0.2, -0.15) is 9.36 Å². The maximum absolute atomic E-state index is 5.60. The van der Waals surface area contributed by atoms with Gasteiger partial charge in [0.05, 0.1) is 0 Å². The molecule has 0 aliphatic rings. The standard InChI is InChI=1S/C9H9N3OS/c1-6-11-9(14-12-6)13-8-4-2-3-7(10)5-8/h2-5H,10H2,1H3. The number of hydrogen-bond donors (Lipinski definition) is 1. The minimum atomic E-state index is 0.535. The first-order valence-corrected chi connectivity index (χ1v) is 4.85. The fourth-order valence-corrected chi connectivity index (χ4v) is 1.56. The number of anilines is 1. The third kappa shape index (κ3) is 2.00. The number of benzene rings is 1. The lowest BCUT2D eigenvalue weighted by molar-refractivity contribution is 0.478. The lowest BCUT2D eigenvalue weighted by atomic mass is 10.3. The number of hydrogen-bond acceptors (Lipinski definition) is 5. The molecule has 0 bridgehead atoms. The van der Waals surface area contributed by atoms with Crippen LogP contribution < -0.4 is 10.5 Å². The van der Waals surface area contributed by atoms with Crippen LogP contribution in [0.25, 0.3) is 0 Å². The Bertz CT molecular complexity index is 441. The monoisotopic (exact) mass is 207 g/mol. The average Bonchev–Trinajstić information content (AvgIpc) is 2.51. The third-order valence-corrected chi connectivity index (χ3v) is 2.26. The zero-order valence-corrected chi connectivity index (χ0v) is 8.41. The Morgan fingerprint density at radius 2 is 2.29 bits per heavy atom. The molecule has 2 rings (SSSR count). The van der Waals surface area contributed by atoms with Crippen LogP contribution in [0.1, 0.15) is 5.82 Å². The van der Waals surface area contributed by atoms with Gasteiger partial charge in [0.1, 0.15) is 11.6 Å². The van der Waals surface area contributed by atoms with Gasteiger partial charge in [0, 0.05) is 23.3 Å². The maximum Gasteiger partial charge on any atom is 0.298 e. The highest BCUT2D eigenvalue weighted by atomic mass is 32.1. The van der Waals surface area contributed by atoms with Gasteiger partial charge in [-0.3, -0.25) is 0 Å². The van der Waals surface area contributed by atoms with Crippen LogP contribution in [0.4, 0.5) is 5.69 Å². The number of rotatable bonds is 2. The summed E-state index contributed by atoms with van der Waals surface area (Å²) in [6, 6.07) is 7.21. The molecular weight excluding hydrogens is 198 g/mol. The van der Waals surface area contributed by atoms with Gasteiger partial charge in [0.2, 0.25) is 0 Å². The summed E-state index contributed by atoms with van der Waals surface area (Å²) in [5.74, 6) is 1.40. The summed E-state index contributed by atoms with van der Waals surface area (Å²) in [7, 11) is 0. The lowest BCUT2D eigenvalue weighted by Gasteiger charge is -2.00. The van der Waals surface area contributed by atoms with Crippen molar-refractivity contribution in [1.82, 2.24) is 9.36 Å². The van der Waals surface area contributed by atoms with Crippen LogP contribution in [0.2, 0.25) is 0 Å². The van der Waals surface area contributed by atoms with E-state index in [0.717, 1.165) is 0 Å². The minimum Gasteiger partial charge on any atom is -0.430 e. The van der Waals surface area contributed by atoms with Gasteiger partial charge in [-0.1, -0.05) is 6.07 Å². The van der Waals surface area contributed by atoms with Crippen molar-refractivity contribution < 1.29 is 4.74 Å². The highest BCUT2D eigenvalue weighted by molar-refractivity contribution is 7.07. The third-order valence-electron chi connectivity index (χ3n) is 1.57. The Morgan fingerprint density at radius 1 is 1.43 bits per heavy atom. The Morgan fingerprint density at radius 3 is 2.93 bits per heavy atom. The van der Waals surface area contributed by atoms with E-state index in [1.54, 1.807) is 12.1 Å². The van der Waals surface area contributed by atoms with Gasteiger partial charge in [0.25, 0.3) is 5.19 Å². The molecule has 0 aliphatic carbocycles. The van der Waals surface area contributed by atoms with Crippen LogP contribution in [0.5, 0.6) is 10.9 Å². The molecule has 0 amide bonds. The Labute approximate surface area is 85.5 Å². The second-order valence-corrected chi connectivity index (χ2v) is 3.50. The predicted octanol–water partition coefficient (Wildman–Crippen LogP) is 2.22. The van der Waals surface area contributed by atoms with E-state index in [1.807, 2.05) is 19.1 Å². The SMILES string of the molecule is Cc1nsc(Oc2cccc(N)c2)n1. The molecule has 0 fully saturated rings. The zero-order chi connectivity index (χ0) is 9.97. The maximum atomic E-state index is 5.60. The summed E-state index contributed by atoms with van der Waals surface area (Å²) >= 11 is 1.23. The van der Waals surface area contributed by atoms with Crippen molar-refractivity contribution in [1.29, 1.82) is 0 Å². The number of ether oxygens (including phenoxy) is 1. The van der Waals surface area contributed by atoms with Gasteiger partial charge in [-0.05, 0) is 19.1 Å². The summed E-state index contributed by atoms with van der Waals surface area (Å²) in [5.41, 5.74) is 6.27. The van der Waals surface area contributed by atoms with Gasteiger partial charge in [-0.15, -0.1) is 0 Å². The smallest absolute Gasteiger partial charge is 0.298 e. The van der Waals surface area contributed by atoms with E-state index in [0.29, 0.717) is 22.5 Å². The molecule has 1 heterocycles. The lowest BCUT2D eigenvalue weighted by Crippen LogP contribution is -1.87. The van der Waals surface area contributed by atoms with Crippen molar-refractivity contribution in [2.75, 3.05) is 5.73 Å². The molecule has 72 valence electrons. The van der Waals surface area contributed by atoms with E-state index in [4.69, 9.17) is 10.5 Å². The normalized spacial score (nSPS) is 10.1.